The lowest BCUT2D eigenvalue weighted by atomic mass is 9.65. The van der Waals surface area contributed by atoms with Crippen LogP contribution in [0.1, 0.15) is 54.4 Å². The first-order chi connectivity index (χ1) is 11.2. The molecule has 25 heavy (non-hydrogen) atoms. The van der Waals surface area contributed by atoms with E-state index in [-0.39, 0.29) is 12.2 Å². The van der Waals surface area contributed by atoms with Gasteiger partial charge in [-0.1, -0.05) is 41.5 Å². The average Bonchev–Trinajstić information content (AvgIpc) is 2.89. The monoisotopic (exact) mass is 388 g/mol. The maximum atomic E-state index is 12.6. The van der Waals surface area contributed by atoms with E-state index in [0.29, 0.717) is 19.6 Å². The average molecular weight is 388 g/mol. The first-order valence-electron chi connectivity index (χ1n) is 8.22. The molecule has 1 heterocycles. The third-order valence-corrected chi connectivity index (χ3v) is 5.88. The molecule has 5 nitrogen and oxygen atoms in total. The lowest BCUT2D eigenvalue weighted by molar-refractivity contribution is -0.181. The van der Waals surface area contributed by atoms with Gasteiger partial charge in [0.15, 0.2) is 5.79 Å². The second-order valence-electron chi connectivity index (χ2n) is 7.05. The quantitative estimate of drug-likeness (QED) is 0.520. The SMILES string of the molecule is CC.CC1(C)CC2(CC=C(OS(=O)(=O)C(F)(F)F)C1(C)C)OCCO2. The van der Waals surface area contributed by atoms with Crippen molar-refractivity contribution >= 4 is 10.1 Å². The van der Waals surface area contributed by atoms with Crippen LogP contribution in [0.4, 0.5) is 13.2 Å². The fourth-order valence-corrected chi connectivity index (χ4v) is 3.43. The summed E-state index contributed by atoms with van der Waals surface area (Å²) in [5, 5.41) is 0. The molecule has 0 radical (unpaired) electrons. The highest BCUT2D eigenvalue weighted by Crippen LogP contribution is 2.54. The zero-order chi connectivity index (χ0) is 19.7. The van der Waals surface area contributed by atoms with Gasteiger partial charge in [-0.25, -0.2) is 0 Å². The molecule has 1 spiro atoms. The highest BCUT2D eigenvalue weighted by Gasteiger charge is 2.55. The molecule has 0 N–H and O–H groups in total. The van der Waals surface area contributed by atoms with E-state index in [0.717, 1.165) is 0 Å². The van der Waals surface area contributed by atoms with E-state index in [2.05, 4.69) is 4.18 Å². The van der Waals surface area contributed by atoms with Crippen LogP contribution in [0.5, 0.6) is 0 Å². The lowest BCUT2D eigenvalue weighted by Gasteiger charge is -2.43. The van der Waals surface area contributed by atoms with E-state index < -0.39 is 32.2 Å². The smallest absolute Gasteiger partial charge is 0.380 e. The summed E-state index contributed by atoms with van der Waals surface area (Å²) in [7, 11) is -5.72. The second-order valence-corrected chi connectivity index (χ2v) is 8.59. The van der Waals surface area contributed by atoms with Crippen molar-refractivity contribution in [3.63, 3.8) is 0 Å². The van der Waals surface area contributed by atoms with Gasteiger partial charge in [0.25, 0.3) is 0 Å². The van der Waals surface area contributed by atoms with Crippen LogP contribution in [0.2, 0.25) is 0 Å². The standard InChI is InChI=1S/C14H21F3O5S.C2H6/c1-11(2)9-13(20-7-8-21-13)6-5-10(12(11,3)4)22-23(18,19)14(15,16)17;1-2/h5H,6-9H2,1-4H3;1-2H3. The Kier molecular flexibility index (Phi) is 6.29. The summed E-state index contributed by atoms with van der Waals surface area (Å²) >= 11 is 0. The number of rotatable bonds is 2. The number of halogens is 3. The fourth-order valence-electron chi connectivity index (χ4n) is 2.82. The van der Waals surface area contributed by atoms with Gasteiger partial charge in [-0.05, 0) is 11.5 Å². The molecule has 1 saturated heterocycles. The van der Waals surface area contributed by atoms with E-state index in [4.69, 9.17) is 9.47 Å². The Morgan fingerprint density at radius 1 is 1.08 bits per heavy atom. The molecule has 148 valence electrons. The van der Waals surface area contributed by atoms with Gasteiger partial charge in [0, 0.05) is 18.3 Å². The van der Waals surface area contributed by atoms with Crippen LogP contribution in [0.3, 0.4) is 0 Å². The topological polar surface area (TPSA) is 61.8 Å². The molecule has 2 aliphatic rings. The van der Waals surface area contributed by atoms with Gasteiger partial charge >= 0.3 is 15.6 Å². The molecule has 0 atom stereocenters. The predicted octanol–water partition coefficient (Wildman–Crippen LogP) is 4.35. The molecule has 1 aliphatic carbocycles. The number of ether oxygens (including phenoxy) is 2. The fraction of sp³-hybridized carbons (Fsp3) is 0.875. The van der Waals surface area contributed by atoms with Gasteiger partial charge in [-0.2, -0.15) is 21.6 Å². The Morgan fingerprint density at radius 3 is 2.00 bits per heavy atom. The molecule has 0 aromatic heterocycles. The van der Waals surface area contributed by atoms with Crippen molar-refractivity contribution in [2.45, 2.75) is 65.7 Å². The van der Waals surface area contributed by atoms with Crippen LogP contribution in [0.25, 0.3) is 0 Å². The lowest BCUT2D eigenvalue weighted by Crippen LogP contribution is -2.42. The van der Waals surface area contributed by atoms with E-state index in [1.165, 1.54) is 6.08 Å². The van der Waals surface area contributed by atoms with Crippen molar-refractivity contribution in [1.82, 2.24) is 0 Å². The molecule has 1 fully saturated rings. The normalized spacial score (nSPS) is 24.8. The molecule has 0 saturated carbocycles. The summed E-state index contributed by atoms with van der Waals surface area (Å²) in [6, 6.07) is 0. The summed E-state index contributed by atoms with van der Waals surface area (Å²) in [6.07, 6.45) is 1.87. The van der Waals surface area contributed by atoms with E-state index >= 15 is 0 Å². The zero-order valence-electron chi connectivity index (χ0n) is 15.5. The van der Waals surface area contributed by atoms with Gasteiger partial charge < -0.3 is 13.7 Å². The maximum Gasteiger partial charge on any atom is 0.534 e. The molecule has 0 aromatic rings. The summed E-state index contributed by atoms with van der Waals surface area (Å²) in [4.78, 5) is 0. The van der Waals surface area contributed by atoms with Crippen LogP contribution in [-0.4, -0.2) is 32.9 Å². The number of hydrogen-bond donors (Lipinski definition) is 0. The van der Waals surface area contributed by atoms with E-state index in [9.17, 15) is 21.6 Å². The summed E-state index contributed by atoms with van der Waals surface area (Å²) in [6.45, 7) is 11.7. The van der Waals surface area contributed by atoms with Crippen LogP contribution >= 0.6 is 0 Å². The molecule has 0 aromatic carbocycles. The molecule has 1 aliphatic heterocycles. The molecule has 2 rings (SSSR count). The first-order valence-corrected chi connectivity index (χ1v) is 9.63. The zero-order valence-corrected chi connectivity index (χ0v) is 16.3. The van der Waals surface area contributed by atoms with E-state index in [1.807, 2.05) is 27.7 Å². The van der Waals surface area contributed by atoms with E-state index in [1.54, 1.807) is 13.8 Å². The highest BCUT2D eigenvalue weighted by molar-refractivity contribution is 7.87. The minimum absolute atomic E-state index is 0.128. The Morgan fingerprint density at radius 2 is 1.56 bits per heavy atom. The number of alkyl halides is 3. The largest absolute Gasteiger partial charge is 0.534 e. The summed E-state index contributed by atoms with van der Waals surface area (Å²) in [5.41, 5.74) is -7.07. The molecule has 0 unspecified atom stereocenters. The molecule has 9 heteroatoms. The highest BCUT2D eigenvalue weighted by atomic mass is 32.2. The summed E-state index contributed by atoms with van der Waals surface area (Å²) in [5.74, 6) is -1.19. The second kappa shape index (κ2) is 7.08. The Labute approximate surface area is 147 Å². The van der Waals surface area contributed by atoms with Crippen molar-refractivity contribution < 1.29 is 35.2 Å². The molecule has 0 amide bonds. The minimum atomic E-state index is -5.72. The van der Waals surface area contributed by atoms with Crippen LogP contribution in [-0.2, 0) is 23.8 Å². The molecular weight excluding hydrogens is 361 g/mol. The van der Waals surface area contributed by atoms with Crippen LogP contribution < -0.4 is 0 Å². The maximum absolute atomic E-state index is 12.6. The van der Waals surface area contributed by atoms with Gasteiger partial charge in [-0.3, -0.25) is 0 Å². The van der Waals surface area contributed by atoms with Crippen molar-refractivity contribution in [2.24, 2.45) is 10.8 Å². The third-order valence-electron chi connectivity index (χ3n) is 4.91. The number of allylic oxidation sites excluding steroid dienone is 1. The van der Waals surface area contributed by atoms with Crippen molar-refractivity contribution in [1.29, 1.82) is 0 Å². The van der Waals surface area contributed by atoms with Gasteiger partial charge in [0.1, 0.15) is 5.76 Å². The third kappa shape index (κ3) is 4.31. The van der Waals surface area contributed by atoms with Crippen molar-refractivity contribution in [3.8, 4) is 0 Å². The van der Waals surface area contributed by atoms with Crippen molar-refractivity contribution in [3.05, 3.63) is 11.8 Å². The van der Waals surface area contributed by atoms with Crippen molar-refractivity contribution in [2.75, 3.05) is 13.2 Å². The van der Waals surface area contributed by atoms with Gasteiger partial charge in [-0.15, -0.1) is 0 Å². The van der Waals surface area contributed by atoms with Gasteiger partial charge in [0.05, 0.1) is 13.2 Å². The Balaban J connectivity index is 0.00000151. The van der Waals surface area contributed by atoms with Gasteiger partial charge in [0.2, 0.25) is 0 Å². The van der Waals surface area contributed by atoms with Crippen LogP contribution in [0.15, 0.2) is 11.8 Å². The Hall–Kier alpha value is -0.800. The number of hydrogen-bond acceptors (Lipinski definition) is 5. The van der Waals surface area contributed by atoms with Crippen LogP contribution in [0, 0.1) is 10.8 Å². The molecular formula is C16H27F3O5S. The Bertz CT molecular complexity index is 600. The minimum Gasteiger partial charge on any atom is -0.380 e. The summed E-state index contributed by atoms with van der Waals surface area (Å²) < 4.78 is 76.5. The molecule has 0 bridgehead atoms. The first kappa shape index (κ1) is 22.2. The predicted molar refractivity (Wildman–Crippen MR) is 86.9 cm³/mol.